The summed E-state index contributed by atoms with van der Waals surface area (Å²) in [6, 6.07) is 13.0. The second-order valence-corrected chi connectivity index (χ2v) is 8.48. The molecule has 1 saturated heterocycles. The first-order valence-electron chi connectivity index (χ1n) is 11.0. The van der Waals surface area contributed by atoms with Crippen molar-refractivity contribution in [2.75, 3.05) is 36.4 Å². The number of benzene rings is 2. The van der Waals surface area contributed by atoms with Gasteiger partial charge in [-0.3, -0.25) is 9.59 Å². The van der Waals surface area contributed by atoms with Crippen molar-refractivity contribution in [2.24, 2.45) is 5.73 Å². The van der Waals surface area contributed by atoms with Crippen LogP contribution in [0.25, 0.3) is 0 Å². The van der Waals surface area contributed by atoms with E-state index in [1.165, 1.54) is 29.2 Å². The zero-order valence-corrected chi connectivity index (χ0v) is 19.7. The molecule has 188 valence electrons. The molecule has 3 N–H and O–H groups in total. The first-order valence-corrected chi connectivity index (χ1v) is 11.4. The van der Waals surface area contributed by atoms with Gasteiger partial charge < -0.3 is 20.9 Å². The van der Waals surface area contributed by atoms with Crippen LogP contribution in [0.1, 0.15) is 32.0 Å². The lowest BCUT2D eigenvalue weighted by atomic mass is 10.1. The predicted molar refractivity (Wildman–Crippen MR) is 129 cm³/mol. The van der Waals surface area contributed by atoms with Gasteiger partial charge in [0.2, 0.25) is 0 Å². The van der Waals surface area contributed by atoms with E-state index in [1.54, 1.807) is 24.3 Å². The second-order valence-electron chi connectivity index (χ2n) is 8.07. The number of alkyl halides is 3. The monoisotopic (exact) mass is 518 g/mol. The third-order valence-electron chi connectivity index (χ3n) is 5.75. The Morgan fingerprint density at radius 2 is 1.72 bits per heavy atom. The van der Waals surface area contributed by atoms with E-state index in [1.807, 2.05) is 4.90 Å². The molecule has 8 nitrogen and oxygen atoms in total. The maximum Gasteiger partial charge on any atom is 0.417 e. The van der Waals surface area contributed by atoms with Crippen LogP contribution in [0.5, 0.6) is 0 Å². The molecule has 1 aliphatic rings. The number of nitrogens with zero attached hydrogens (tertiary/aromatic N) is 4. The van der Waals surface area contributed by atoms with E-state index in [9.17, 15) is 22.8 Å². The van der Waals surface area contributed by atoms with Crippen LogP contribution in [0.3, 0.4) is 0 Å². The summed E-state index contributed by atoms with van der Waals surface area (Å²) in [7, 11) is 0. The van der Waals surface area contributed by atoms with Crippen molar-refractivity contribution >= 4 is 34.9 Å². The summed E-state index contributed by atoms with van der Waals surface area (Å²) >= 11 is 6.13. The molecule has 1 fully saturated rings. The Morgan fingerprint density at radius 3 is 2.36 bits per heavy atom. The molecular formula is C24H22ClF3N6O2. The van der Waals surface area contributed by atoms with Gasteiger partial charge in [-0.2, -0.15) is 13.2 Å². The Kier molecular flexibility index (Phi) is 7.41. The largest absolute Gasteiger partial charge is 0.417 e. The van der Waals surface area contributed by atoms with Crippen molar-refractivity contribution in [1.29, 1.82) is 0 Å². The molecule has 4 rings (SSSR count). The first kappa shape index (κ1) is 25.4. The number of aromatic nitrogens is 2. The minimum atomic E-state index is -4.61. The van der Waals surface area contributed by atoms with E-state index in [0.717, 1.165) is 11.6 Å². The second kappa shape index (κ2) is 10.5. The molecule has 0 radical (unpaired) electrons. The number of rotatable bonds is 5. The van der Waals surface area contributed by atoms with Crippen molar-refractivity contribution in [1.82, 2.24) is 15.1 Å². The van der Waals surface area contributed by atoms with E-state index >= 15 is 0 Å². The lowest BCUT2D eigenvalue weighted by Gasteiger charge is -2.35. The lowest BCUT2D eigenvalue weighted by Crippen LogP contribution is -2.49. The van der Waals surface area contributed by atoms with Crippen LogP contribution in [0.15, 0.2) is 54.6 Å². The molecule has 1 aliphatic heterocycles. The molecule has 0 unspecified atom stereocenters. The molecule has 0 atom stereocenters. The first-order chi connectivity index (χ1) is 17.2. The van der Waals surface area contributed by atoms with Crippen LogP contribution in [0.4, 0.5) is 24.7 Å². The highest BCUT2D eigenvalue weighted by Gasteiger charge is 2.36. The molecule has 0 saturated carbocycles. The average Bonchev–Trinajstić information content (AvgIpc) is 2.89. The van der Waals surface area contributed by atoms with Crippen molar-refractivity contribution in [3.8, 4) is 0 Å². The number of hydrogen-bond donors (Lipinski definition) is 2. The third-order valence-corrected chi connectivity index (χ3v) is 6.08. The Hall–Kier alpha value is -3.70. The zero-order valence-electron chi connectivity index (χ0n) is 18.9. The fourth-order valence-corrected chi connectivity index (χ4v) is 3.99. The Bertz CT molecular complexity index is 1260. The molecular weight excluding hydrogens is 497 g/mol. The Labute approximate surface area is 209 Å². The normalized spacial score (nSPS) is 14.0. The van der Waals surface area contributed by atoms with Gasteiger partial charge in [0.25, 0.3) is 11.8 Å². The number of carbonyl (C=O) groups excluding carboxylic acids is 2. The van der Waals surface area contributed by atoms with Gasteiger partial charge in [0.05, 0.1) is 21.8 Å². The number of nitrogens with one attached hydrogen (secondary N) is 1. The third kappa shape index (κ3) is 5.58. The quantitative estimate of drug-likeness (QED) is 0.532. The summed E-state index contributed by atoms with van der Waals surface area (Å²) < 4.78 is 39.9. The van der Waals surface area contributed by atoms with Gasteiger partial charge >= 0.3 is 6.18 Å². The zero-order chi connectivity index (χ0) is 25.9. The number of carbonyl (C=O) groups is 2. The average molecular weight is 519 g/mol. The Morgan fingerprint density at radius 1 is 1.00 bits per heavy atom. The van der Waals surface area contributed by atoms with Gasteiger partial charge in [0, 0.05) is 32.7 Å². The van der Waals surface area contributed by atoms with Gasteiger partial charge in [-0.15, -0.1) is 10.2 Å². The van der Waals surface area contributed by atoms with Crippen LogP contribution >= 0.6 is 11.6 Å². The van der Waals surface area contributed by atoms with E-state index < -0.39 is 23.6 Å². The fourth-order valence-electron chi connectivity index (χ4n) is 3.82. The number of amides is 2. The molecule has 2 amide bonds. The number of hydrogen-bond acceptors (Lipinski definition) is 6. The number of anilines is 2. The van der Waals surface area contributed by atoms with Crippen molar-refractivity contribution < 1.29 is 22.8 Å². The molecule has 1 aromatic heterocycles. The molecule has 2 aromatic carbocycles. The van der Waals surface area contributed by atoms with Gasteiger partial charge in [-0.25, -0.2) is 0 Å². The topological polar surface area (TPSA) is 104 Å². The fraction of sp³-hybridized carbons (Fsp3) is 0.250. The molecule has 3 aromatic rings. The van der Waals surface area contributed by atoms with E-state index in [0.29, 0.717) is 36.2 Å². The minimum absolute atomic E-state index is 0.0746. The summed E-state index contributed by atoms with van der Waals surface area (Å²) in [6.07, 6.45) is -4.61. The Balaban J connectivity index is 1.38. The summed E-state index contributed by atoms with van der Waals surface area (Å²) in [6.45, 7) is 1.42. The minimum Gasteiger partial charge on any atom is -0.352 e. The van der Waals surface area contributed by atoms with E-state index in [4.69, 9.17) is 17.3 Å². The van der Waals surface area contributed by atoms with E-state index in [2.05, 4.69) is 15.5 Å². The SMILES string of the molecule is NCc1ccc(Cl)c(NC(=O)c2ccc(N3CCN(C(=O)c4ccccc4C(F)(F)F)CC3)nn2)c1. The maximum atomic E-state index is 13.3. The van der Waals surface area contributed by atoms with Crippen LogP contribution in [-0.2, 0) is 12.7 Å². The van der Waals surface area contributed by atoms with Gasteiger partial charge in [0.15, 0.2) is 11.5 Å². The van der Waals surface area contributed by atoms with Crippen molar-refractivity contribution in [3.05, 3.63) is 82.0 Å². The molecule has 2 heterocycles. The molecule has 12 heteroatoms. The highest BCUT2D eigenvalue weighted by atomic mass is 35.5. The summed E-state index contributed by atoms with van der Waals surface area (Å²) in [5.74, 6) is -0.681. The number of nitrogens with two attached hydrogens (primary N) is 1. The molecule has 36 heavy (non-hydrogen) atoms. The lowest BCUT2D eigenvalue weighted by molar-refractivity contribution is -0.138. The van der Waals surface area contributed by atoms with Crippen LogP contribution in [-0.4, -0.2) is 53.1 Å². The van der Waals surface area contributed by atoms with Gasteiger partial charge in [-0.05, 0) is 42.0 Å². The molecule has 0 bridgehead atoms. The number of halogens is 4. The van der Waals surface area contributed by atoms with Gasteiger partial charge in [-0.1, -0.05) is 29.8 Å². The highest BCUT2D eigenvalue weighted by Crippen LogP contribution is 2.32. The van der Waals surface area contributed by atoms with Crippen LogP contribution < -0.4 is 16.0 Å². The number of piperazine rings is 1. The molecule has 0 spiro atoms. The van der Waals surface area contributed by atoms with Crippen LogP contribution in [0, 0.1) is 0 Å². The summed E-state index contributed by atoms with van der Waals surface area (Å²) in [4.78, 5) is 28.6. The summed E-state index contributed by atoms with van der Waals surface area (Å²) in [5, 5.41) is 11.1. The maximum absolute atomic E-state index is 13.3. The van der Waals surface area contributed by atoms with E-state index in [-0.39, 0.29) is 24.3 Å². The van der Waals surface area contributed by atoms with Crippen molar-refractivity contribution in [2.45, 2.75) is 12.7 Å². The summed E-state index contributed by atoms with van der Waals surface area (Å²) in [5.41, 5.74) is 5.59. The van der Waals surface area contributed by atoms with Gasteiger partial charge in [0.1, 0.15) is 0 Å². The predicted octanol–water partition coefficient (Wildman–Crippen LogP) is 3.82. The standard InChI is InChI=1S/C24H22ClF3N6O2/c25-18-6-5-15(14-29)13-20(18)30-22(35)19-7-8-21(32-31-19)33-9-11-34(12-10-33)23(36)16-3-1-2-4-17(16)24(26,27)28/h1-8,13H,9-12,14,29H2,(H,30,35). The smallest absolute Gasteiger partial charge is 0.352 e. The van der Waals surface area contributed by atoms with Crippen molar-refractivity contribution in [3.63, 3.8) is 0 Å². The molecule has 0 aliphatic carbocycles. The highest BCUT2D eigenvalue weighted by molar-refractivity contribution is 6.33. The van der Waals surface area contributed by atoms with Crippen LogP contribution in [0.2, 0.25) is 5.02 Å².